The van der Waals surface area contributed by atoms with Crippen molar-refractivity contribution in [3.63, 3.8) is 0 Å². The highest BCUT2D eigenvalue weighted by atomic mass is 16.5. The predicted octanol–water partition coefficient (Wildman–Crippen LogP) is 0.608. The zero-order chi connectivity index (χ0) is 15.4. The third-order valence-electron chi connectivity index (χ3n) is 4.02. The Balaban J connectivity index is 1.88. The van der Waals surface area contributed by atoms with Crippen molar-refractivity contribution in [1.82, 2.24) is 19.9 Å². The first kappa shape index (κ1) is 15.9. The molecule has 1 saturated heterocycles. The summed E-state index contributed by atoms with van der Waals surface area (Å²) in [6.45, 7) is 5.48. The predicted molar refractivity (Wildman–Crippen MR) is 76.5 cm³/mol. The molecule has 1 aromatic heterocycles. The van der Waals surface area contributed by atoms with Crippen LogP contribution in [0, 0.1) is 0 Å². The van der Waals surface area contributed by atoms with Crippen LogP contribution in [0.15, 0.2) is 4.52 Å². The molecule has 0 aliphatic carbocycles. The lowest BCUT2D eigenvalue weighted by Gasteiger charge is -2.31. The van der Waals surface area contributed by atoms with Crippen molar-refractivity contribution < 1.29 is 14.4 Å². The van der Waals surface area contributed by atoms with Crippen molar-refractivity contribution >= 4 is 5.91 Å². The number of likely N-dealkylation sites (N-methyl/N-ethyl adjacent to an activating group) is 1. The second-order valence-corrected chi connectivity index (χ2v) is 5.61. The lowest BCUT2D eigenvalue weighted by molar-refractivity contribution is -0.134. The Kier molecular flexibility index (Phi) is 5.30. The number of nitrogens with zero attached hydrogens (tertiary/aromatic N) is 4. The summed E-state index contributed by atoms with van der Waals surface area (Å²) in [5.41, 5.74) is 0. The zero-order valence-corrected chi connectivity index (χ0v) is 12.9. The number of aromatic nitrogens is 2. The van der Waals surface area contributed by atoms with Gasteiger partial charge in [-0.2, -0.15) is 4.98 Å². The smallest absolute Gasteiger partial charge is 0.243 e. The van der Waals surface area contributed by atoms with Crippen LogP contribution in [0.4, 0.5) is 0 Å². The highest BCUT2D eigenvalue weighted by Gasteiger charge is 2.25. The lowest BCUT2D eigenvalue weighted by atomic mass is 10.1. The first-order valence-electron chi connectivity index (χ1n) is 7.49. The third kappa shape index (κ3) is 4.01. The first-order valence-corrected chi connectivity index (χ1v) is 7.49. The monoisotopic (exact) mass is 296 g/mol. The lowest BCUT2D eigenvalue weighted by Crippen LogP contribution is -2.44. The quantitative estimate of drug-likeness (QED) is 0.857. The Morgan fingerprint density at radius 2 is 2.19 bits per heavy atom. The summed E-state index contributed by atoms with van der Waals surface area (Å²) in [5.74, 6) is 1.30. The Hall–Kier alpha value is -1.47. The number of amides is 1. The molecule has 2 heterocycles. The molecular weight excluding hydrogens is 272 g/mol. The highest BCUT2D eigenvalue weighted by Crippen LogP contribution is 2.17. The first-order chi connectivity index (χ1) is 10.0. The molecule has 1 aromatic rings. The van der Waals surface area contributed by atoms with Crippen LogP contribution in [0.1, 0.15) is 44.4 Å². The van der Waals surface area contributed by atoms with Gasteiger partial charge in [0.1, 0.15) is 0 Å². The molecule has 0 radical (unpaired) electrons. The van der Waals surface area contributed by atoms with Crippen molar-refractivity contribution in [3.05, 3.63) is 11.7 Å². The summed E-state index contributed by atoms with van der Waals surface area (Å²) in [7, 11) is 1.87. The molecule has 1 atom stereocenters. The van der Waals surface area contributed by atoms with E-state index in [9.17, 15) is 9.90 Å². The Morgan fingerprint density at radius 1 is 1.52 bits per heavy atom. The van der Waals surface area contributed by atoms with Crippen molar-refractivity contribution in [1.29, 1.82) is 0 Å². The minimum absolute atomic E-state index is 0.0754. The summed E-state index contributed by atoms with van der Waals surface area (Å²) in [6, 6.07) is -0.0999. The third-order valence-corrected chi connectivity index (χ3v) is 4.02. The van der Waals surface area contributed by atoms with Crippen LogP contribution >= 0.6 is 0 Å². The van der Waals surface area contributed by atoms with Gasteiger partial charge in [-0.1, -0.05) is 12.1 Å². The number of hydrogen-bond acceptors (Lipinski definition) is 6. The van der Waals surface area contributed by atoms with Gasteiger partial charge in [0.2, 0.25) is 11.8 Å². The van der Waals surface area contributed by atoms with E-state index >= 15 is 0 Å². The molecule has 118 valence electrons. The highest BCUT2D eigenvalue weighted by molar-refractivity contribution is 5.78. The van der Waals surface area contributed by atoms with Crippen molar-refractivity contribution in [2.75, 3.05) is 26.7 Å². The molecule has 1 amide bonds. The van der Waals surface area contributed by atoms with Crippen LogP contribution in [0.3, 0.4) is 0 Å². The normalized spacial score (nSPS) is 18.2. The number of aliphatic hydroxyl groups excluding tert-OH is 1. The van der Waals surface area contributed by atoms with Crippen LogP contribution in [0.5, 0.6) is 0 Å². The van der Waals surface area contributed by atoms with Crippen LogP contribution in [-0.2, 0) is 11.2 Å². The molecule has 7 heteroatoms. The number of carbonyl (C=O) groups is 1. The standard InChI is InChI=1S/C14H24N4O3/c1-4-12-15-14(21-16-12)10(2)17(3)9-13(20)18-7-5-11(19)6-8-18/h10-11,19H,4-9H2,1-3H3. The maximum absolute atomic E-state index is 12.2. The van der Waals surface area contributed by atoms with Gasteiger partial charge in [-0.15, -0.1) is 0 Å². The minimum atomic E-state index is -0.267. The summed E-state index contributed by atoms with van der Waals surface area (Å²) in [4.78, 5) is 20.3. The zero-order valence-electron chi connectivity index (χ0n) is 12.9. The van der Waals surface area contributed by atoms with Gasteiger partial charge in [0.15, 0.2) is 5.82 Å². The van der Waals surface area contributed by atoms with Crippen LogP contribution < -0.4 is 0 Å². The molecule has 0 spiro atoms. The molecule has 1 fully saturated rings. The molecule has 1 unspecified atom stereocenters. The number of likely N-dealkylation sites (tertiary alicyclic amines) is 1. The van der Waals surface area contributed by atoms with Gasteiger partial charge in [0.25, 0.3) is 0 Å². The minimum Gasteiger partial charge on any atom is -0.393 e. The van der Waals surface area contributed by atoms with E-state index in [2.05, 4.69) is 10.1 Å². The molecule has 1 N–H and O–H groups in total. The fourth-order valence-electron chi connectivity index (χ4n) is 2.33. The van der Waals surface area contributed by atoms with Crippen LogP contribution in [-0.4, -0.2) is 63.7 Å². The molecule has 1 aliphatic rings. The van der Waals surface area contributed by atoms with E-state index < -0.39 is 0 Å². The number of piperidine rings is 1. The van der Waals surface area contributed by atoms with E-state index in [4.69, 9.17) is 4.52 Å². The fraction of sp³-hybridized carbons (Fsp3) is 0.786. The van der Waals surface area contributed by atoms with E-state index in [0.29, 0.717) is 44.2 Å². The number of rotatable bonds is 5. The van der Waals surface area contributed by atoms with E-state index in [1.54, 1.807) is 4.90 Å². The number of aryl methyl sites for hydroxylation is 1. The molecule has 21 heavy (non-hydrogen) atoms. The molecule has 0 saturated carbocycles. The van der Waals surface area contributed by atoms with Gasteiger partial charge in [0.05, 0.1) is 18.7 Å². The molecule has 7 nitrogen and oxygen atoms in total. The Morgan fingerprint density at radius 3 is 2.76 bits per heavy atom. The number of hydrogen-bond donors (Lipinski definition) is 1. The van der Waals surface area contributed by atoms with Crippen LogP contribution in [0.2, 0.25) is 0 Å². The average Bonchev–Trinajstić information content (AvgIpc) is 2.95. The second kappa shape index (κ2) is 7.00. The molecule has 0 aromatic carbocycles. The SMILES string of the molecule is CCc1noc(C(C)N(C)CC(=O)N2CCC(O)CC2)n1. The largest absolute Gasteiger partial charge is 0.393 e. The Labute approximate surface area is 124 Å². The summed E-state index contributed by atoms with van der Waals surface area (Å²) < 4.78 is 5.22. The summed E-state index contributed by atoms with van der Waals surface area (Å²) in [5, 5.41) is 13.4. The van der Waals surface area contributed by atoms with Gasteiger partial charge < -0.3 is 14.5 Å². The van der Waals surface area contributed by atoms with Gasteiger partial charge in [0, 0.05) is 19.5 Å². The average molecular weight is 296 g/mol. The maximum Gasteiger partial charge on any atom is 0.243 e. The van der Waals surface area contributed by atoms with Crippen molar-refractivity contribution in [2.45, 2.75) is 45.3 Å². The van der Waals surface area contributed by atoms with Gasteiger partial charge in [-0.25, -0.2) is 0 Å². The maximum atomic E-state index is 12.2. The molecule has 2 rings (SSSR count). The molecule has 1 aliphatic heterocycles. The Bertz CT molecular complexity index is 469. The van der Waals surface area contributed by atoms with Gasteiger partial charge in [-0.05, 0) is 26.8 Å². The van der Waals surface area contributed by atoms with Crippen molar-refractivity contribution in [2.24, 2.45) is 0 Å². The van der Waals surface area contributed by atoms with Gasteiger partial charge in [-0.3, -0.25) is 9.69 Å². The van der Waals surface area contributed by atoms with Gasteiger partial charge >= 0.3 is 0 Å². The van der Waals surface area contributed by atoms with E-state index in [1.165, 1.54) is 0 Å². The number of carbonyl (C=O) groups excluding carboxylic acids is 1. The molecular formula is C14H24N4O3. The summed E-state index contributed by atoms with van der Waals surface area (Å²) in [6.07, 6.45) is 1.79. The fourth-order valence-corrected chi connectivity index (χ4v) is 2.33. The number of aliphatic hydroxyl groups is 1. The van der Waals surface area contributed by atoms with E-state index in [0.717, 1.165) is 6.42 Å². The second-order valence-electron chi connectivity index (χ2n) is 5.61. The van der Waals surface area contributed by atoms with Crippen LogP contribution in [0.25, 0.3) is 0 Å². The van der Waals surface area contributed by atoms with Crippen molar-refractivity contribution in [3.8, 4) is 0 Å². The topological polar surface area (TPSA) is 82.7 Å². The molecule has 0 bridgehead atoms. The summed E-state index contributed by atoms with van der Waals surface area (Å²) >= 11 is 0. The van der Waals surface area contributed by atoms with E-state index in [1.807, 2.05) is 25.8 Å². The van der Waals surface area contributed by atoms with E-state index in [-0.39, 0.29) is 18.1 Å².